The Morgan fingerprint density at radius 2 is 0.949 bits per heavy atom. The van der Waals surface area contributed by atoms with Gasteiger partial charge in [-0.25, -0.2) is 19.4 Å². The number of ether oxygens (including phenoxy) is 11. The lowest BCUT2D eigenvalue weighted by atomic mass is 9.94. The summed E-state index contributed by atoms with van der Waals surface area (Å²) in [5, 5.41) is 1.97. The second-order valence-corrected chi connectivity index (χ2v) is 24.4. The van der Waals surface area contributed by atoms with Crippen molar-refractivity contribution in [3.63, 3.8) is 0 Å². The third kappa shape index (κ3) is 17.7. The van der Waals surface area contributed by atoms with Gasteiger partial charge >= 0.3 is 24.1 Å². The average molecular weight is 1330 g/mol. The van der Waals surface area contributed by atoms with Crippen molar-refractivity contribution >= 4 is 40.3 Å². The Hall–Kier alpha value is -9.37. The molecule has 1 saturated carbocycles. The molecular formula is C80H76F3NO14. The average Bonchev–Trinajstić information content (AvgIpc) is 1.51. The van der Waals surface area contributed by atoms with Gasteiger partial charge in [0.2, 0.25) is 0 Å². The summed E-state index contributed by atoms with van der Waals surface area (Å²) < 4.78 is 118. The van der Waals surface area contributed by atoms with Crippen LogP contribution in [0, 0.1) is 5.92 Å². The van der Waals surface area contributed by atoms with Crippen LogP contribution >= 0.6 is 0 Å². The first-order valence-electron chi connectivity index (χ1n) is 33.1. The minimum Gasteiger partial charge on any atom is -0.474 e. The summed E-state index contributed by atoms with van der Waals surface area (Å²) in [6, 6.07) is 75.9. The molecule has 9 aromatic rings. The standard InChI is InChI=1S/C80H76F3NO14/c81-80(82,83)78(84-64-42-22-9-23-43-64)89-47-27-2-1-24-44-65-72-79(65,98-76(87)62-39-20-8-21-40-62)73(69(90-50-56-30-12-4-13-31-56)66(94-72)53-88-49-55-28-10-3-11-29-55)97-77-71(92-51-57-32-14-5-15-33-57)70(91-52-58-45-46-59-34-25-26-41-63(59)48-58)68(96-75(86)61-37-18-7-19-38-61)67(95-77)54-93-74(85)60-35-16-6-17-36-60/h3-23,25-26,28-43,45-46,48,65-73,77H,1-2,24,27,44,47,49-54H2/t65-,66?,67?,68?,69-,70?,71?,72-,73?,77?,79?/m0/s1. The van der Waals surface area contributed by atoms with Gasteiger partial charge in [0, 0.05) is 5.92 Å². The molecule has 0 radical (unpaired) electrons. The van der Waals surface area contributed by atoms with Gasteiger partial charge in [-0.05, 0) is 100 Å². The summed E-state index contributed by atoms with van der Waals surface area (Å²) in [5.41, 5.74) is 2.45. The quantitative estimate of drug-likeness (QED) is 0.0137. The zero-order valence-electron chi connectivity index (χ0n) is 53.8. The molecule has 3 fully saturated rings. The number of carbonyl (C=O) groups is 3. The van der Waals surface area contributed by atoms with Gasteiger partial charge in [-0.15, -0.1) is 0 Å². The second kappa shape index (κ2) is 33.3. The molecule has 98 heavy (non-hydrogen) atoms. The maximum atomic E-state index is 15.1. The molecule has 18 heteroatoms. The molecule has 11 atom stereocenters. The summed E-state index contributed by atoms with van der Waals surface area (Å²) in [6.07, 6.45) is -13.6. The number of hydrogen-bond acceptors (Lipinski definition) is 15. The summed E-state index contributed by atoms with van der Waals surface area (Å²) in [7, 11) is 0. The highest BCUT2D eigenvalue weighted by atomic mass is 19.4. The number of para-hydroxylation sites is 1. The van der Waals surface area contributed by atoms with E-state index in [1.54, 1.807) is 109 Å². The predicted molar refractivity (Wildman–Crippen MR) is 360 cm³/mol. The third-order valence-electron chi connectivity index (χ3n) is 17.6. The normalized spacial score (nSPS) is 22.9. The van der Waals surface area contributed by atoms with Crippen molar-refractivity contribution in [3.05, 3.63) is 294 Å². The molecule has 15 nitrogen and oxygen atoms in total. The monoisotopic (exact) mass is 1330 g/mol. The lowest BCUT2D eigenvalue weighted by Gasteiger charge is -2.48. The molecule has 2 heterocycles. The van der Waals surface area contributed by atoms with Crippen molar-refractivity contribution < 1.29 is 79.7 Å². The first-order valence-corrected chi connectivity index (χ1v) is 33.1. The minimum absolute atomic E-state index is 0.0276. The SMILES string of the molecule is O=C(OCC1OC(OC2[C@@H](OCc3ccccc3)C(COCc3ccccc3)O[C@H]3[C@H](CCCCCCOC(=Nc4ccccc4)C(F)(F)F)C23OC(=O)c2ccccc2)C(OCc2ccccc2)C(OCc2ccc3ccccc3c2)C1OC(=O)c1ccccc1)c1ccccc1. The van der Waals surface area contributed by atoms with Gasteiger partial charge in [0.05, 0.1) is 62.0 Å². The number of carbonyl (C=O) groups excluding carboxylic acids is 3. The molecule has 0 spiro atoms. The van der Waals surface area contributed by atoms with Crippen LogP contribution in [-0.2, 0) is 78.5 Å². The minimum atomic E-state index is -4.81. The Labute approximate surface area is 567 Å². The van der Waals surface area contributed by atoms with Crippen molar-refractivity contribution in [2.24, 2.45) is 10.9 Å². The van der Waals surface area contributed by atoms with Crippen LogP contribution in [0.25, 0.3) is 10.8 Å². The molecule has 12 rings (SSSR count). The van der Waals surface area contributed by atoms with E-state index in [2.05, 4.69) is 4.99 Å². The lowest BCUT2D eigenvalue weighted by Crippen LogP contribution is -2.66. The molecule has 506 valence electrons. The number of rotatable bonds is 30. The smallest absolute Gasteiger partial charge is 0.468 e. The van der Waals surface area contributed by atoms with E-state index in [0.29, 0.717) is 25.7 Å². The van der Waals surface area contributed by atoms with Crippen molar-refractivity contribution in [1.29, 1.82) is 0 Å². The van der Waals surface area contributed by atoms with Gasteiger partial charge in [-0.2, -0.15) is 13.2 Å². The van der Waals surface area contributed by atoms with E-state index in [4.69, 9.17) is 52.1 Å². The Balaban J connectivity index is 0.944. The number of alkyl halides is 3. The predicted octanol–water partition coefficient (Wildman–Crippen LogP) is 15.6. The topological polar surface area (TPSA) is 165 Å². The van der Waals surface area contributed by atoms with E-state index < -0.39 is 103 Å². The number of esters is 3. The Morgan fingerprint density at radius 3 is 1.56 bits per heavy atom. The number of unbranched alkanes of at least 4 members (excludes halogenated alkanes) is 3. The van der Waals surface area contributed by atoms with Gasteiger partial charge in [-0.1, -0.05) is 219 Å². The number of fused-ring (bicyclic) bond motifs is 2. The Morgan fingerprint density at radius 1 is 0.449 bits per heavy atom. The van der Waals surface area contributed by atoms with Crippen LogP contribution < -0.4 is 0 Å². The number of hydrogen-bond donors (Lipinski definition) is 0. The highest BCUT2D eigenvalue weighted by molar-refractivity contribution is 5.91. The maximum absolute atomic E-state index is 15.1. The molecule has 1 aliphatic carbocycles. The number of nitrogens with zero attached hydrogens (tertiary/aromatic N) is 1. The van der Waals surface area contributed by atoms with E-state index in [9.17, 15) is 22.8 Å². The largest absolute Gasteiger partial charge is 0.474 e. The zero-order valence-corrected chi connectivity index (χ0v) is 53.8. The van der Waals surface area contributed by atoms with Gasteiger partial charge in [-0.3, -0.25) is 0 Å². The molecule has 0 amide bonds. The number of halogens is 3. The molecule has 2 saturated heterocycles. The summed E-state index contributed by atoms with van der Waals surface area (Å²) >= 11 is 0. The molecule has 0 aromatic heterocycles. The number of benzene rings is 9. The van der Waals surface area contributed by atoms with Crippen LogP contribution in [0.15, 0.2) is 260 Å². The van der Waals surface area contributed by atoms with Gasteiger partial charge < -0.3 is 52.1 Å². The maximum Gasteiger partial charge on any atom is 0.468 e. The molecule has 2 aliphatic heterocycles. The summed E-state index contributed by atoms with van der Waals surface area (Å²) in [6.45, 7) is -0.582. The third-order valence-corrected chi connectivity index (χ3v) is 17.6. The first-order chi connectivity index (χ1) is 48.0. The number of aliphatic imine (C=N–C) groups is 1. The fourth-order valence-electron chi connectivity index (χ4n) is 12.7. The van der Waals surface area contributed by atoms with Crippen LogP contribution in [0.5, 0.6) is 0 Å². The molecule has 0 N–H and O–H groups in total. The molecule has 0 bridgehead atoms. The van der Waals surface area contributed by atoms with Crippen LogP contribution in [0.1, 0.15) is 85.4 Å². The summed E-state index contributed by atoms with van der Waals surface area (Å²) in [4.78, 5) is 47.7. The fraction of sp³-hybridized carbons (Fsp3) is 0.300. The molecular weight excluding hydrogens is 1260 g/mol. The van der Waals surface area contributed by atoms with Gasteiger partial charge in [0.25, 0.3) is 5.90 Å². The van der Waals surface area contributed by atoms with E-state index in [1.165, 1.54) is 12.1 Å². The van der Waals surface area contributed by atoms with Crippen molar-refractivity contribution in [2.45, 2.75) is 125 Å². The van der Waals surface area contributed by atoms with E-state index in [-0.39, 0.29) is 68.4 Å². The van der Waals surface area contributed by atoms with Crippen LogP contribution in [0.4, 0.5) is 18.9 Å². The highest BCUT2D eigenvalue weighted by Gasteiger charge is 2.79. The Kier molecular flexibility index (Phi) is 23.3. The Bertz CT molecular complexity index is 4010. The molecule has 8 unspecified atom stereocenters. The van der Waals surface area contributed by atoms with Gasteiger partial charge in [0.1, 0.15) is 49.3 Å². The lowest BCUT2D eigenvalue weighted by molar-refractivity contribution is -0.351. The van der Waals surface area contributed by atoms with Crippen molar-refractivity contribution in [2.75, 3.05) is 19.8 Å². The second-order valence-electron chi connectivity index (χ2n) is 24.4. The first kappa shape index (κ1) is 68.6. The fourth-order valence-corrected chi connectivity index (χ4v) is 12.7. The van der Waals surface area contributed by atoms with Crippen molar-refractivity contribution in [3.8, 4) is 0 Å². The van der Waals surface area contributed by atoms with Crippen LogP contribution in [-0.4, -0.2) is 111 Å². The van der Waals surface area contributed by atoms with Gasteiger partial charge in [0.15, 0.2) is 18.0 Å². The highest BCUT2D eigenvalue weighted by Crippen LogP contribution is 2.61. The molecule has 3 aliphatic rings. The van der Waals surface area contributed by atoms with E-state index in [1.807, 2.05) is 133 Å². The van der Waals surface area contributed by atoms with Crippen molar-refractivity contribution in [1.82, 2.24) is 0 Å². The van der Waals surface area contributed by atoms with Crippen LogP contribution in [0.3, 0.4) is 0 Å². The zero-order chi connectivity index (χ0) is 67.5. The van der Waals surface area contributed by atoms with E-state index in [0.717, 1.165) is 33.0 Å². The molecule has 9 aromatic carbocycles. The van der Waals surface area contributed by atoms with E-state index >= 15 is 4.79 Å². The summed E-state index contributed by atoms with van der Waals surface area (Å²) in [5.74, 6) is -4.01. The van der Waals surface area contributed by atoms with Crippen LogP contribution in [0.2, 0.25) is 0 Å².